The van der Waals surface area contributed by atoms with Crippen molar-refractivity contribution in [3.8, 4) is 47.3 Å². The zero-order chi connectivity index (χ0) is 47.7. The Labute approximate surface area is 383 Å². The van der Waals surface area contributed by atoms with Gasteiger partial charge in [0.2, 0.25) is 0 Å². The number of hydrogen-bond donors (Lipinski definition) is 0. The van der Waals surface area contributed by atoms with Crippen molar-refractivity contribution in [3.63, 3.8) is 0 Å². The van der Waals surface area contributed by atoms with Crippen LogP contribution in [0.4, 0.5) is 8.78 Å². The van der Waals surface area contributed by atoms with E-state index in [0.29, 0.717) is 0 Å². The molecule has 0 amide bonds. The van der Waals surface area contributed by atoms with Crippen molar-refractivity contribution in [1.29, 1.82) is 21.0 Å². The van der Waals surface area contributed by atoms with Gasteiger partial charge >= 0.3 is 11.9 Å². The molecule has 0 aliphatic carbocycles. The highest BCUT2D eigenvalue weighted by Gasteiger charge is 2.20. The largest absolute Gasteiger partial charge is 0.453 e. The highest BCUT2D eigenvalue weighted by molar-refractivity contribution is 6.32. The first-order valence-corrected chi connectivity index (χ1v) is 20.0. The first-order valence-electron chi connectivity index (χ1n) is 19.3. The van der Waals surface area contributed by atoms with Gasteiger partial charge in [0.05, 0.1) is 80.8 Å². The predicted molar refractivity (Wildman–Crippen MR) is 228 cm³/mol. The first-order chi connectivity index (χ1) is 31.6. The van der Waals surface area contributed by atoms with Crippen molar-refractivity contribution in [2.24, 2.45) is 0 Å². The topological polar surface area (TPSA) is 236 Å². The van der Waals surface area contributed by atoms with Crippen LogP contribution in [0.15, 0.2) is 82.4 Å². The summed E-state index contributed by atoms with van der Waals surface area (Å²) in [6, 6.07) is 23.9. The first kappa shape index (κ1) is 47.1. The molecule has 0 saturated carbocycles. The van der Waals surface area contributed by atoms with E-state index in [2.05, 4.69) is 10.2 Å². The second-order valence-electron chi connectivity index (χ2n) is 14.2. The summed E-state index contributed by atoms with van der Waals surface area (Å²) < 4.78 is 54.9. The number of carbonyl (C=O) groups excluding carboxylic acids is 2. The number of ether oxygens (including phenoxy) is 4. The van der Waals surface area contributed by atoms with E-state index >= 15 is 8.78 Å². The quantitative estimate of drug-likeness (QED) is 0.0896. The number of benzene rings is 4. The smallest absolute Gasteiger partial charge is 0.308 e. The number of hydrogen-bond acceptors (Lipinski definition) is 14. The molecule has 330 valence electrons. The number of aromatic nitrogens is 4. The summed E-state index contributed by atoms with van der Waals surface area (Å²) in [7, 11) is 0. The monoisotopic (exact) mass is 930 g/mol. The maximum absolute atomic E-state index is 15.8. The zero-order valence-electron chi connectivity index (χ0n) is 34.5. The van der Waals surface area contributed by atoms with Crippen LogP contribution in [0.2, 0.25) is 10.0 Å². The lowest BCUT2D eigenvalue weighted by Crippen LogP contribution is -2.29. The average Bonchev–Trinajstić information content (AvgIpc) is 3.31. The van der Waals surface area contributed by atoms with Gasteiger partial charge in [0.15, 0.2) is 36.6 Å². The van der Waals surface area contributed by atoms with E-state index < -0.39 is 61.0 Å². The summed E-state index contributed by atoms with van der Waals surface area (Å²) in [6.07, 6.45) is -1.30. The number of halogens is 4. The molecule has 0 unspecified atom stereocenters. The van der Waals surface area contributed by atoms with Crippen molar-refractivity contribution in [3.05, 3.63) is 171 Å². The standard InChI is InChI=1S/C46H30Cl2F2N8O8/c1-25-9-33(17-31-3-5-37(47)43(41(31)49)65-35-13-27(19-51)11-28(14-35)20-52)55-57(45(25)61)23-63-39(59)7-8-40(60)64-24-58-46(62)26(2)10-34(56-58)18-32-4-6-38(48)44(42(32)50)66-36-15-29(21-53)12-30(16-36)22-54/h3-6,9-16H,7-8,17-18,23-24H2,1-2H3. The minimum atomic E-state index is -0.904. The van der Waals surface area contributed by atoms with E-state index in [1.807, 2.05) is 24.3 Å². The van der Waals surface area contributed by atoms with E-state index in [4.69, 9.17) is 42.1 Å². The molecule has 0 saturated heterocycles. The molecule has 0 fully saturated rings. The molecule has 2 heterocycles. The Balaban J connectivity index is 1.05. The van der Waals surface area contributed by atoms with Crippen molar-refractivity contribution in [2.45, 2.75) is 53.0 Å². The van der Waals surface area contributed by atoms with Crippen LogP contribution in [0.3, 0.4) is 0 Å². The predicted octanol–water partition coefficient (Wildman–Crippen LogP) is 7.74. The molecule has 6 rings (SSSR count). The van der Waals surface area contributed by atoms with Gasteiger partial charge in [0.25, 0.3) is 11.1 Å². The summed E-state index contributed by atoms with van der Waals surface area (Å²) in [5.41, 5.74) is 0.127. The van der Waals surface area contributed by atoms with Gasteiger partial charge in [-0.3, -0.25) is 19.2 Å². The molecule has 20 heteroatoms. The van der Waals surface area contributed by atoms with Crippen LogP contribution in [0.5, 0.6) is 23.0 Å². The molecule has 0 bridgehead atoms. The fourth-order valence-corrected chi connectivity index (χ4v) is 6.63. The van der Waals surface area contributed by atoms with E-state index in [0.717, 1.165) is 9.36 Å². The van der Waals surface area contributed by atoms with Crippen molar-refractivity contribution in [1.82, 2.24) is 19.6 Å². The summed E-state index contributed by atoms with van der Waals surface area (Å²) in [6.45, 7) is 1.66. The zero-order valence-corrected chi connectivity index (χ0v) is 36.0. The van der Waals surface area contributed by atoms with Crippen LogP contribution in [0.25, 0.3) is 0 Å². The summed E-state index contributed by atoms with van der Waals surface area (Å²) in [4.78, 5) is 51.0. The van der Waals surface area contributed by atoms with Crippen molar-refractivity contribution < 1.29 is 37.3 Å². The Morgan fingerprint density at radius 1 is 0.591 bits per heavy atom. The van der Waals surface area contributed by atoms with E-state index in [-0.39, 0.29) is 102 Å². The van der Waals surface area contributed by atoms with Gasteiger partial charge in [0.1, 0.15) is 11.5 Å². The fraction of sp³-hybridized carbons (Fsp3) is 0.174. The molecule has 0 spiro atoms. The maximum Gasteiger partial charge on any atom is 0.308 e. The minimum Gasteiger partial charge on any atom is -0.453 e. The third-order valence-electron chi connectivity index (χ3n) is 9.41. The summed E-state index contributed by atoms with van der Waals surface area (Å²) >= 11 is 12.5. The molecule has 16 nitrogen and oxygen atoms in total. The third kappa shape index (κ3) is 11.4. The molecule has 4 aromatic carbocycles. The Hall–Kier alpha value is -8.42. The number of nitriles is 4. The van der Waals surface area contributed by atoms with Gasteiger partial charge in [-0.25, -0.2) is 8.78 Å². The molecule has 0 N–H and O–H groups in total. The van der Waals surface area contributed by atoms with Gasteiger partial charge < -0.3 is 18.9 Å². The number of nitrogens with zero attached hydrogens (tertiary/aromatic N) is 8. The maximum atomic E-state index is 15.8. The summed E-state index contributed by atoms with van der Waals surface area (Å²) in [5.74, 6) is -4.28. The van der Waals surface area contributed by atoms with Crippen LogP contribution < -0.4 is 20.6 Å². The molecule has 6 aromatic rings. The lowest BCUT2D eigenvalue weighted by atomic mass is 10.1. The van der Waals surface area contributed by atoms with Crippen LogP contribution in [0.1, 0.15) is 68.7 Å². The molecular weight excluding hydrogens is 901 g/mol. The van der Waals surface area contributed by atoms with Gasteiger partial charge in [-0.15, -0.1) is 0 Å². The van der Waals surface area contributed by atoms with Crippen molar-refractivity contribution in [2.75, 3.05) is 0 Å². The second-order valence-corrected chi connectivity index (χ2v) is 15.0. The van der Waals surface area contributed by atoms with Crippen LogP contribution in [-0.4, -0.2) is 31.5 Å². The highest BCUT2D eigenvalue weighted by Crippen LogP contribution is 2.37. The van der Waals surface area contributed by atoms with Crippen LogP contribution >= 0.6 is 23.2 Å². The molecule has 0 atom stereocenters. The van der Waals surface area contributed by atoms with Crippen LogP contribution in [-0.2, 0) is 45.4 Å². The molecular formula is C46H30Cl2F2N8O8. The third-order valence-corrected chi connectivity index (χ3v) is 10.0. The minimum absolute atomic E-state index is 0.00187. The average molecular weight is 932 g/mol. The molecule has 0 radical (unpaired) electrons. The fourth-order valence-electron chi connectivity index (χ4n) is 6.26. The summed E-state index contributed by atoms with van der Waals surface area (Å²) in [5, 5.41) is 45.4. The molecule has 66 heavy (non-hydrogen) atoms. The van der Waals surface area contributed by atoms with E-state index in [1.54, 1.807) is 0 Å². The number of aryl methyl sites for hydroxylation is 2. The number of rotatable bonds is 15. The van der Waals surface area contributed by atoms with E-state index in [9.17, 15) is 40.2 Å². The Kier molecular flexibility index (Phi) is 14.9. The van der Waals surface area contributed by atoms with E-state index in [1.165, 1.54) is 86.6 Å². The molecule has 2 aromatic heterocycles. The Morgan fingerprint density at radius 3 is 1.27 bits per heavy atom. The normalized spacial score (nSPS) is 10.5. The highest BCUT2D eigenvalue weighted by atomic mass is 35.5. The van der Waals surface area contributed by atoms with Gasteiger partial charge in [-0.05, 0) is 85.6 Å². The van der Waals surface area contributed by atoms with Crippen LogP contribution in [0, 0.1) is 70.8 Å². The Bertz CT molecular complexity index is 2960. The van der Waals surface area contributed by atoms with Gasteiger partial charge in [-0.2, -0.15) is 40.6 Å². The van der Waals surface area contributed by atoms with Crippen molar-refractivity contribution >= 4 is 35.1 Å². The molecule has 0 aliphatic heterocycles. The lowest BCUT2D eigenvalue weighted by Gasteiger charge is -2.14. The number of carbonyl (C=O) groups is 2. The Morgan fingerprint density at radius 2 is 0.939 bits per heavy atom. The number of esters is 2. The SMILES string of the molecule is Cc1cc(Cc2ccc(Cl)c(Oc3cc(C#N)cc(C#N)c3)c2F)nn(COC(=O)CCC(=O)OCn2nc(Cc3ccc(Cl)c(Oc4cc(C#N)cc(C#N)c4)c3F)cc(C)c2=O)c1=O. The van der Waals surface area contributed by atoms with Gasteiger partial charge in [0, 0.05) is 24.0 Å². The second kappa shape index (κ2) is 20.8. The van der Waals surface area contributed by atoms with Gasteiger partial charge in [-0.1, -0.05) is 35.3 Å². The molecule has 0 aliphatic rings. The lowest BCUT2D eigenvalue weighted by molar-refractivity contribution is -0.155.